The van der Waals surface area contributed by atoms with Crippen molar-refractivity contribution in [1.29, 1.82) is 0 Å². The summed E-state index contributed by atoms with van der Waals surface area (Å²) in [5.41, 5.74) is 0. The second kappa shape index (κ2) is 7.16. The number of aromatic nitrogens is 1. The topological polar surface area (TPSA) is 28.2 Å². The van der Waals surface area contributed by atoms with Crippen molar-refractivity contribution >= 4 is 5.82 Å². The van der Waals surface area contributed by atoms with Gasteiger partial charge in [-0.05, 0) is 31.4 Å². The van der Waals surface area contributed by atoms with Crippen molar-refractivity contribution in [2.75, 3.05) is 18.0 Å². The van der Waals surface area contributed by atoms with Crippen LogP contribution in [0.4, 0.5) is 5.82 Å². The number of nitrogens with one attached hydrogen (secondary N) is 1. The molecule has 0 bridgehead atoms. The zero-order chi connectivity index (χ0) is 13.5. The molecule has 3 nitrogen and oxygen atoms in total. The molecule has 3 heteroatoms. The first-order chi connectivity index (χ1) is 9.33. The Bertz CT molecular complexity index is 402. The summed E-state index contributed by atoms with van der Waals surface area (Å²) in [6, 6.07) is 7.16. The van der Waals surface area contributed by atoms with Gasteiger partial charge in [0.2, 0.25) is 0 Å². The summed E-state index contributed by atoms with van der Waals surface area (Å²) in [5.74, 6) is 3.85. The van der Waals surface area contributed by atoms with Crippen molar-refractivity contribution in [3.8, 4) is 12.3 Å². The molecule has 1 fully saturated rings. The van der Waals surface area contributed by atoms with E-state index in [0.717, 1.165) is 44.6 Å². The minimum absolute atomic E-state index is 0.469. The second-order valence-electron chi connectivity index (χ2n) is 5.13. The molecular formula is C16H23N3. The highest BCUT2D eigenvalue weighted by molar-refractivity contribution is 5.38. The summed E-state index contributed by atoms with van der Waals surface area (Å²) in [6.07, 6.45) is 11.5. The van der Waals surface area contributed by atoms with E-state index in [9.17, 15) is 0 Å². The molecule has 1 saturated heterocycles. The summed E-state index contributed by atoms with van der Waals surface area (Å²) in [4.78, 5) is 6.77. The van der Waals surface area contributed by atoms with Crippen molar-refractivity contribution in [1.82, 2.24) is 10.3 Å². The standard InChI is InChI=1S/C16H23N3/c1-3-7-14(4-2)18-15-9-12-19(13-10-15)16-8-5-6-11-17-16/h1,5-6,8,11,14-15,18H,4,7,9-10,12-13H2,2H3. The van der Waals surface area contributed by atoms with Crippen LogP contribution >= 0.6 is 0 Å². The highest BCUT2D eigenvalue weighted by Crippen LogP contribution is 2.18. The third-order valence-electron chi connectivity index (χ3n) is 3.80. The number of hydrogen-bond acceptors (Lipinski definition) is 3. The fraction of sp³-hybridized carbons (Fsp3) is 0.562. The Hall–Kier alpha value is -1.53. The Morgan fingerprint density at radius 2 is 2.26 bits per heavy atom. The molecule has 2 rings (SSSR count). The third kappa shape index (κ3) is 3.97. The Morgan fingerprint density at radius 1 is 1.47 bits per heavy atom. The lowest BCUT2D eigenvalue weighted by Gasteiger charge is -2.34. The largest absolute Gasteiger partial charge is 0.357 e. The Kier molecular flexibility index (Phi) is 5.23. The molecule has 19 heavy (non-hydrogen) atoms. The molecular weight excluding hydrogens is 234 g/mol. The summed E-state index contributed by atoms with van der Waals surface area (Å²) >= 11 is 0. The predicted molar refractivity (Wildman–Crippen MR) is 80.1 cm³/mol. The molecule has 1 aromatic heterocycles. The molecule has 1 unspecified atom stereocenters. The van der Waals surface area contributed by atoms with Crippen LogP contribution in [0.25, 0.3) is 0 Å². The van der Waals surface area contributed by atoms with Crippen LogP contribution in [0.15, 0.2) is 24.4 Å². The molecule has 1 aliphatic rings. The van der Waals surface area contributed by atoms with Crippen LogP contribution in [-0.2, 0) is 0 Å². The van der Waals surface area contributed by atoms with Gasteiger partial charge >= 0.3 is 0 Å². The van der Waals surface area contributed by atoms with E-state index in [0.29, 0.717) is 12.1 Å². The molecule has 0 amide bonds. The molecule has 102 valence electrons. The van der Waals surface area contributed by atoms with E-state index >= 15 is 0 Å². The van der Waals surface area contributed by atoms with Crippen molar-refractivity contribution < 1.29 is 0 Å². The quantitative estimate of drug-likeness (QED) is 0.821. The number of rotatable bonds is 5. The lowest BCUT2D eigenvalue weighted by Crippen LogP contribution is -2.46. The van der Waals surface area contributed by atoms with Crippen LogP contribution in [0.5, 0.6) is 0 Å². The first-order valence-electron chi connectivity index (χ1n) is 7.19. The van der Waals surface area contributed by atoms with Crippen LogP contribution in [0.2, 0.25) is 0 Å². The van der Waals surface area contributed by atoms with Gasteiger partial charge in [0.15, 0.2) is 0 Å². The van der Waals surface area contributed by atoms with Crippen molar-refractivity contribution in [2.24, 2.45) is 0 Å². The van der Waals surface area contributed by atoms with Gasteiger partial charge in [-0.2, -0.15) is 0 Å². The minimum Gasteiger partial charge on any atom is -0.357 e. The monoisotopic (exact) mass is 257 g/mol. The van der Waals surface area contributed by atoms with Gasteiger partial charge in [-0.3, -0.25) is 0 Å². The fourth-order valence-corrected chi connectivity index (χ4v) is 2.61. The number of anilines is 1. The molecule has 1 aromatic rings. The molecule has 1 N–H and O–H groups in total. The van der Waals surface area contributed by atoms with E-state index in [4.69, 9.17) is 6.42 Å². The minimum atomic E-state index is 0.469. The predicted octanol–water partition coefficient (Wildman–Crippen LogP) is 2.44. The van der Waals surface area contributed by atoms with Crippen LogP contribution < -0.4 is 10.2 Å². The summed E-state index contributed by atoms with van der Waals surface area (Å²) in [6.45, 7) is 4.33. The normalized spacial score (nSPS) is 18.0. The van der Waals surface area contributed by atoms with Gasteiger partial charge < -0.3 is 10.2 Å². The van der Waals surface area contributed by atoms with E-state index in [1.807, 2.05) is 18.3 Å². The van der Waals surface area contributed by atoms with E-state index in [2.05, 4.69) is 34.1 Å². The lowest BCUT2D eigenvalue weighted by atomic mass is 10.0. The summed E-state index contributed by atoms with van der Waals surface area (Å²) < 4.78 is 0. The maximum Gasteiger partial charge on any atom is 0.128 e. The molecule has 1 atom stereocenters. The van der Waals surface area contributed by atoms with Gasteiger partial charge in [-0.25, -0.2) is 4.98 Å². The number of piperidine rings is 1. The van der Waals surface area contributed by atoms with Crippen LogP contribution in [0.3, 0.4) is 0 Å². The lowest BCUT2D eigenvalue weighted by molar-refractivity contribution is 0.361. The maximum absolute atomic E-state index is 5.40. The average molecular weight is 257 g/mol. The maximum atomic E-state index is 5.40. The molecule has 1 aliphatic heterocycles. The fourth-order valence-electron chi connectivity index (χ4n) is 2.61. The van der Waals surface area contributed by atoms with Gasteiger partial charge in [0, 0.05) is 37.8 Å². The smallest absolute Gasteiger partial charge is 0.128 e. The molecule has 0 saturated carbocycles. The molecule has 0 aliphatic carbocycles. The van der Waals surface area contributed by atoms with Crippen LogP contribution in [0.1, 0.15) is 32.6 Å². The van der Waals surface area contributed by atoms with Crippen molar-refractivity contribution in [3.63, 3.8) is 0 Å². The Balaban J connectivity index is 1.81. The van der Waals surface area contributed by atoms with E-state index in [-0.39, 0.29) is 0 Å². The van der Waals surface area contributed by atoms with Crippen molar-refractivity contribution in [2.45, 2.75) is 44.7 Å². The Labute approximate surface area is 116 Å². The second-order valence-corrected chi connectivity index (χ2v) is 5.13. The van der Waals surface area contributed by atoms with E-state index < -0.39 is 0 Å². The molecule has 0 aromatic carbocycles. The summed E-state index contributed by atoms with van der Waals surface area (Å²) in [5, 5.41) is 3.69. The number of hydrogen-bond donors (Lipinski definition) is 1. The van der Waals surface area contributed by atoms with Crippen molar-refractivity contribution in [3.05, 3.63) is 24.4 Å². The molecule has 0 spiro atoms. The molecule has 2 heterocycles. The van der Waals surface area contributed by atoms with Gasteiger partial charge in [0.05, 0.1) is 0 Å². The zero-order valence-electron chi connectivity index (χ0n) is 11.7. The van der Waals surface area contributed by atoms with E-state index in [1.165, 1.54) is 0 Å². The average Bonchev–Trinajstić information content (AvgIpc) is 2.48. The van der Waals surface area contributed by atoms with Crippen LogP contribution in [0, 0.1) is 12.3 Å². The van der Waals surface area contributed by atoms with Gasteiger partial charge in [-0.15, -0.1) is 12.3 Å². The zero-order valence-corrected chi connectivity index (χ0v) is 11.7. The number of terminal acetylenes is 1. The number of nitrogens with zero attached hydrogens (tertiary/aromatic N) is 2. The van der Waals surface area contributed by atoms with Gasteiger partial charge in [0.25, 0.3) is 0 Å². The SMILES string of the molecule is C#CCC(CC)NC1CCN(c2ccccn2)CC1. The molecule has 0 radical (unpaired) electrons. The van der Waals surface area contributed by atoms with E-state index in [1.54, 1.807) is 0 Å². The van der Waals surface area contributed by atoms with Gasteiger partial charge in [0.1, 0.15) is 5.82 Å². The highest BCUT2D eigenvalue weighted by Gasteiger charge is 2.21. The first-order valence-corrected chi connectivity index (χ1v) is 7.19. The van der Waals surface area contributed by atoms with Crippen LogP contribution in [-0.4, -0.2) is 30.2 Å². The number of pyridine rings is 1. The summed E-state index contributed by atoms with van der Waals surface area (Å²) in [7, 11) is 0. The highest BCUT2D eigenvalue weighted by atomic mass is 15.2. The Morgan fingerprint density at radius 3 is 2.84 bits per heavy atom. The van der Waals surface area contributed by atoms with Gasteiger partial charge in [-0.1, -0.05) is 13.0 Å². The first kappa shape index (κ1) is 13.9. The third-order valence-corrected chi connectivity index (χ3v) is 3.80.